The van der Waals surface area contributed by atoms with Crippen LogP contribution in [0.5, 0.6) is 17.4 Å². The number of benzene rings is 2. The average Bonchev–Trinajstić information content (AvgIpc) is 3.10. The number of hydrogen-bond acceptors (Lipinski definition) is 8. The van der Waals surface area contributed by atoms with Gasteiger partial charge in [0.25, 0.3) is 16.8 Å². The zero-order valence-electron chi connectivity index (χ0n) is 17.9. The lowest BCUT2D eigenvalue weighted by molar-refractivity contribution is -0.385. The second-order valence-electron chi connectivity index (χ2n) is 7.14. The summed E-state index contributed by atoms with van der Waals surface area (Å²) in [5.41, 5.74) is 1.12. The molecule has 1 aliphatic rings. The first kappa shape index (κ1) is 24.5. The van der Waals surface area contributed by atoms with Crippen molar-refractivity contribution >= 4 is 57.9 Å². The van der Waals surface area contributed by atoms with Crippen molar-refractivity contribution in [3.8, 4) is 17.4 Å². The second-order valence-corrected chi connectivity index (χ2v) is 8.95. The summed E-state index contributed by atoms with van der Waals surface area (Å²) in [6.07, 6.45) is 2.67. The van der Waals surface area contributed by atoms with Crippen LogP contribution in [0.4, 0.5) is 10.5 Å². The standard InChI is InChI=1S/C23H15Cl2N3O6S/c1-33-19-9-13(3-6-18(19)34-21-7-4-15(11-26-21)28(31)32)10-20-22(29)27(23(30)35-20)12-14-2-5-16(24)17(25)8-14/h2-11H,12H2,1H3/b20-10-. The Labute approximate surface area is 213 Å². The van der Waals surface area contributed by atoms with Crippen LogP contribution < -0.4 is 9.47 Å². The molecule has 3 aromatic rings. The van der Waals surface area contributed by atoms with Gasteiger partial charge < -0.3 is 9.47 Å². The SMILES string of the molecule is COc1cc(/C=C2\SC(=O)N(Cc3ccc(Cl)c(Cl)c3)C2=O)ccc1Oc1ccc([N+](=O)[O-])cn1. The van der Waals surface area contributed by atoms with Gasteiger partial charge in [0.1, 0.15) is 6.20 Å². The number of nitro groups is 1. The van der Waals surface area contributed by atoms with E-state index in [0.717, 1.165) is 22.9 Å². The van der Waals surface area contributed by atoms with E-state index in [1.807, 2.05) is 0 Å². The highest BCUT2D eigenvalue weighted by Crippen LogP contribution is 2.36. The van der Waals surface area contributed by atoms with Crippen LogP contribution in [0.2, 0.25) is 10.0 Å². The molecule has 1 aliphatic heterocycles. The molecule has 0 N–H and O–H groups in total. The molecule has 1 saturated heterocycles. The number of thioether (sulfide) groups is 1. The molecule has 0 aliphatic carbocycles. The Bertz CT molecular complexity index is 1360. The highest BCUT2D eigenvalue weighted by atomic mass is 35.5. The van der Waals surface area contributed by atoms with Crippen LogP contribution in [0.25, 0.3) is 6.08 Å². The van der Waals surface area contributed by atoms with Gasteiger partial charge in [-0.1, -0.05) is 35.3 Å². The van der Waals surface area contributed by atoms with Crippen molar-refractivity contribution in [2.75, 3.05) is 7.11 Å². The largest absolute Gasteiger partial charge is 0.493 e. The number of hydrogen-bond donors (Lipinski definition) is 0. The molecule has 1 aromatic heterocycles. The molecule has 178 valence electrons. The average molecular weight is 532 g/mol. The van der Waals surface area contributed by atoms with Crippen LogP contribution in [0, 0.1) is 10.1 Å². The lowest BCUT2D eigenvalue weighted by Crippen LogP contribution is -2.27. The number of carbonyl (C=O) groups is 2. The van der Waals surface area contributed by atoms with Crippen molar-refractivity contribution in [3.63, 3.8) is 0 Å². The van der Waals surface area contributed by atoms with Gasteiger partial charge >= 0.3 is 0 Å². The number of pyridine rings is 1. The molecule has 2 heterocycles. The Balaban J connectivity index is 1.51. The Morgan fingerprint density at radius 2 is 1.89 bits per heavy atom. The van der Waals surface area contributed by atoms with Crippen molar-refractivity contribution in [1.82, 2.24) is 9.88 Å². The van der Waals surface area contributed by atoms with Gasteiger partial charge in [-0.05, 0) is 53.2 Å². The summed E-state index contributed by atoms with van der Waals surface area (Å²) < 4.78 is 11.0. The number of rotatable bonds is 7. The number of carbonyl (C=O) groups excluding carboxylic acids is 2. The highest BCUT2D eigenvalue weighted by Gasteiger charge is 2.35. The molecule has 35 heavy (non-hydrogen) atoms. The molecule has 0 bridgehead atoms. The lowest BCUT2D eigenvalue weighted by atomic mass is 10.1. The second kappa shape index (κ2) is 10.3. The number of ether oxygens (including phenoxy) is 2. The minimum atomic E-state index is -0.557. The first-order valence-electron chi connectivity index (χ1n) is 9.91. The van der Waals surface area contributed by atoms with E-state index < -0.39 is 16.1 Å². The quantitative estimate of drug-likeness (QED) is 0.197. The number of aromatic nitrogens is 1. The van der Waals surface area contributed by atoms with E-state index in [4.69, 9.17) is 32.7 Å². The van der Waals surface area contributed by atoms with Crippen molar-refractivity contribution in [1.29, 1.82) is 0 Å². The van der Waals surface area contributed by atoms with E-state index in [0.29, 0.717) is 32.7 Å². The summed E-state index contributed by atoms with van der Waals surface area (Å²) >= 11 is 12.8. The predicted octanol–water partition coefficient (Wildman–Crippen LogP) is 6.33. The predicted molar refractivity (Wildman–Crippen MR) is 132 cm³/mol. The fourth-order valence-corrected chi connectivity index (χ4v) is 4.28. The van der Waals surface area contributed by atoms with Gasteiger partial charge in [0.15, 0.2) is 11.5 Å². The van der Waals surface area contributed by atoms with E-state index in [2.05, 4.69) is 4.98 Å². The number of halogens is 2. The van der Waals surface area contributed by atoms with Crippen LogP contribution >= 0.6 is 35.0 Å². The molecule has 0 spiro atoms. The van der Waals surface area contributed by atoms with Gasteiger partial charge in [0, 0.05) is 12.1 Å². The molecule has 0 radical (unpaired) electrons. The number of amides is 2. The summed E-state index contributed by atoms with van der Waals surface area (Å²) in [7, 11) is 1.44. The topological polar surface area (TPSA) is 112 Å². The smallest absolute Gasteiger partial charge is 0.293 e. The van der Waals surface area contributed by atoms with E-state index >= 15 is 0 Å². The Morgan fingerprint density at radius 3 is 2.54 bits per heavy atom. The third-order valence-electron chi connectivity index (χ3n) is 4.83. The highest BCUT2D eigenvalue weighted by molar-refractivity contribution is 8.18. The maximum absolute atomic E-state index is 12.9. The Morgan fingerprint density at radius 1 is 1.09 bits per heavy atom. The fourth-order valence-electron chi connectivity index (χ4n) is 3.12. The van der Waals surface area contributed by atoms with Crippen LogP contribution in [-0.2, 0) is 11.3 Å². The minimum absolute atomic E-state index is 0.0667. The maximum Gasteiger partial charge on any atom is 0.293 e. The molecule has 2 amide bonds. The Hall–Kier alpha value is -3.60. The third-order valence-corrected chi connectivity index (χ3v) is 6.48. The van der Waals surface area contributed by atoms with Crippen LogP contribution in [0.1, 0.15) is 11.1 Å². The van der Waals surface area contributed by atoms with Gasteiger partial charge in [0.2, 0.25) is 5.88 Å². The van der Waals surface area contributed by atoms with Crippen molar-refractivity contribution in [2.24, 2.45) is 0 Å². The first-order valence-corrected chi connectivity index (χ1v) is 11.5. The molecule has 12 heteroatoms. The molecule has 1 fully saturated rings. The van der Waals surface area contributed by atoms with Crippen molar-refractivity contribution in [2.45, 2.75) is 6.54 Å². The monoisotopic (exact) mass is 531 g/mol. The number of methoxy groups -OCH3 is 1. The summed E-state index contributed by atoms with van der Waals surface area (Å²) in [5.74, 6) is 0.373. The summed E-state index contributed by atoms with van der Waals surface area (Å²) in [6, 6.07) is 12.5. The van der Waals surface area contributed by atoms with Crippen molar-refractivity contribution in [3.05, 3.63) is 90.9 Å². The van der Waals surface area contributed by atoms with Crippen molar-refractivity contribution < 1.29 is 24.0 Å². The van der Waals surface area contributed by atoms with Gasteiger partial charge in [-0.2, -0.15) is 0 Å². The zero-order valence-corrected chi connectivity index (χ0v) is 20.3. The minimum Gasteiger partial charge on any atom is -0.493 e. The lowest BCUT2D eigenvalue weighted by Gasteiger charge is -2.13. The summed E-state index contributed by atoms with van der Waals surface area (Å²) in [6.45, 7) is 0.0667. The van der Waals surface area contributed by atoms with Crippen LogP contribution in [0.15, 0.2) is 59.6 Å². The number of nitrogens with zero attached hydrogens (tertiary/aromatic N) is 3. The van der Waals surface area contributed by atoms with E-state index in [1.54, 1.807) is 42.5 Å². The van der Waals surface area contributed by atoms with E-state index in [-0.39, 0.29) is 23.0 Å². The molecule has 0 unspecified atom stereocenters. The molecular formula is C23H15Cl2N3O6S. The summed E-state index contributed by atoms with van der Waals surface area (Å²) in [5, 5.41) is 11.1. The van der Waals surface area contributed by atoms with Gasteiger partial charge in [-0.25, -0.2) is 4.98 Å². The number of imide groups is 1. The molecule has 0 saturated carbocycles. The zero-order chi connectivity index (χ0) is 25.1. The maximum atomic E-state index is 12.9. The fraction of sp³-hybridized carbons (Fsp3) is 0.0870. The summed E-state index contributed by atoms with van der Waals surface area (Å²) in [4.78, 5) is 40.8. The van der Waals surface area contributed by atoms with Crippen LogP contribution in [0.3, 0.4) is 0 Å². The molecular weight excluding hydrogens is 517 g/mol. The van der Waals surface area contributed by atoms with E-state index in [9.17, 15) is 19.7 Å². The third kappa shape index (κ3) is 5.56. The van der Waals surface area contributed by atoms with Crippen LogP contribution in [-0.4, -0.2) is 33.1 Å². The van der Waals surface area contributed by atoms with Gasteiger partial charge in [-0.15, -0.1) is 0 Å². The normalized spacial score (nSPS) is 14.5. The molecule has 4 rings (SSSR count). The van der Waals surface area contributed by atoms with Gasteiger partial charge in [0.05, 0.1) is 33.5 Å². The molecule has 0 atom stereocenters. The Kier molecular flexibility index (Phi) is 7.25. The first-order chi connectivity index (χ1) is 16.7. The van der Waals surface area contributed by atoms with E-state index in [1.165, 1.54) is 19.2 Å². The molecule has 9 nitrogen and oxygen atoms in total. The molecule has 2 aromatic carbocycles. The van der Waals surface area contributed by atoms with Gasteiger partial charge in [-0.3, -0.25) is 24.6 Å².